The van der Waals surface area contributed by atoms with Gasteiger partial charge in [0, 0.05) is 10.6 Å². The molecule has 154 valence electrons. The zero-order chi connectivity index (χ0) is 21.7. The van der Waals surface area contributed by atoms with Crippen LogP contribution in [0.5, 0.6) is 0 Å². The second-order valence-electron chi connectivity index (χ2n) is 6.21. The lowest BCUT2D eigenvalue weighted by molar-refractivity contribution is -0.151. The fourth-order valence-corrected chi connectivity index (χ4v) is 2.70. The van der Waals surface area contributed by atoms with E-state index in [2.05, 4.69) is 15.6 Å². The summed E-state index contributed by atoms with van der Waals surface area (Å²) >= 11 is 5.78. The number of esters is 1. The molecule has 0 fully saturated rings. The average Bonchev–Trinajstić information content (AvgIpc) is 2.73. The normalized spacial score (nSPS) is 11.6. The van der Waals surface area contributed by atoms with E-state index in [0.29, 0.717) is 15.9 Å². The quantitative estimate of drug-likeness (QED) is 0.523. The monoisotopic (exact) mass is 429 g/mol. The molecular formula is C19H16ClN5O5. The number of halogens is 1. The third-order valence-corrected chi connectivity index (χ3v) is 4.31. The van der Waals surface area contributed by atoms with Gasteiger partial charge in [-0.2, -0.15) is 4.68 Å². The minimum absolute atomic E-state index is 0.221. The predicted octanol–water partition coefficient (Wildman–Crippen LogP) is 0.620. The van der Waals surface area contributed by atoms with Gasteiger partial charge in [0.2, 0.25) is 5.91 Å². The van der Waals surface area contributed by atoms with E-state index in [1.807, 2.05) is 0 Å². The van der Waals surface area contributed by atoms with Gasteiger partial charge >= 0.3 is 5.97 Å². The first-order valence-electron chi connectivity index (χ1n) is 8.69. The first-order chi connectivity index (χ1) is 14.3. The van der Waals surface area contributed by atoms with Crippen molar-refractivity contribution < 1.29 is 19.1 Å². The van der Waals surface area contributed by atoms with Crippen LogP contribution >= 0.6 is 11.6 Å². The molecule has 0 aliphatic rings. The highest BCUT2D eigenvalue weighted by Crippen LogP contribution is 2.10. The van der Waals surface area contributed by atoms with Crippen molar-refractivity contribution in [3.63, 3.8) is 0 Å². The Kier molecular flexibility index (Phi) is 6.38. The summed E-state index contributed by atoms with van der Waals surface area (Å²) in [4.78, 5) is 48.5. The van der Waals surface area contributed by atoms with Gasteiger partial charge in [-0.15, -0.1) is 5.10 Å². The van der Waals surface area contributed by atoms with Gasteiger partial charge in [-0.3, -0.25) is 14.4 Å². The van der Waals surface area contributed by atoms with Crippen molar-refractivity contribution in [2.24, 2.45) is 5.73 Å². The maximum atomic E-state index is 12.4. The van der Waals surface area contributed by atoms with E-state index in [-0.39, 0.29) is 5.56 Å². The number of nitrogens with zero attached hydrogens (tertiary/aromatic N) is 3. The van der Waals surface area contributed by atoms with Gasteiger partial charge in [0.1, 0.15) is 11.6 Å². The molecule has 0 saturated carbocycles. The maximum absolute atomic E-state index is 12.4. The second kappa shape index (κ2) is 9.14. The minimum atomic E-state index is -1.35. The van der Waals surface area contributed by atoms with Crippen molar-refractivity contribution >= 4 is 40.3 Å². The lowest BCUT2D eigenvalue weighted by Gasteiger charge is -2.16. The summed E-state index contributed by atoms with van der Waals surface area (Å²) in [5.41, 5.74) is 5.27. The summed E-state index contributed by atoms with van der Waals surface area (Å²) in [5.74, 6) is -2.41. The number of amides is 2. The lowest BCUT2D eigenvalue weighted by atomic mass is 10.1. The van der Waals surface area contributed by atoms with Gasteiger partial charge in [-0.25, -0.2) is 4.79 Å². The zero-order valence-corrected chi connectivity index (χ0v) is 16.2. The molecule has 30 heavy (non-hydrogen) atoms. The molecule has 3 N–H and O–H groups in total. The number of ether oxygens (including phenoxy) is 1. The van der Waals surface area contributed by atoms with Gasteiger partial charge in [0.25, 0.3) is 11.5 Å². The van der Waals surface area contributed by atoms with Gasteiger partial charge in [0.15, 0.2) is 6.73 Å². The first kappa shape index (κ1) is 20.9. The number of aromatic nitrogens is 3. The number of benzene rings is 2. The number of nitrogens with two attached hydrogens (primary N) is 1. The SMILES string of the molecule is NC(=O)CC(NC(=O)c1ccc(Cl)cc1)C(=O)OCn1nnc2ccccc2c1=O. The van der Waals surface area contributed by atoms with Crippen molar-refractivity contribution in [1.29, 1.82) is 0 Å². The lowest BCUT2D eigenvalue weighted by Crippen LogP contribution is -2.44. The molecular weight excluding hydrogens is 414 g/mol. The third-order valence-electron chi connectivity index (χ3n) is 4.06. The van der Waals surface area contributed by atoms with Gasteiger partial charge < -0.3 is 15.8 Å². The van der Waals surface area contributed by atoms with E-state index < -0.39 is 42.5 Å². The van der Waals surface area contributed by atoms with Crippen LogP contribution in [0, 0.1) is 0 Å². The minimum Gasteiger partial charge on any atom is -0.441 e. The van der Waals surface area contributed by atoms with Crippen LogP contribution < -0.4 is 16.6 Å². The molecule has 3 aromatic rings. The Morgan fingerprint density at radius 3 is 2.53 bits per heavy atom. The van der Waals surface area contributed by atoms with Crippen molar-refractivity contribution in [2.45, 2.75) is 19.2 Å². The number of carbonyl (C=O) groups is 3. The molecule has 1 heterocycles. The Balaban J connectivity index is 1.71. The van der Waals surface area contributed by atoms with E-state index in [1.165, 1.54) is 24.3 Å². The van der Waals surface area contributed by atoms with Gasteiger partial charge in [0.05, 0.1) is 11.8 Å². The van der Waals surface area contributed by atoms with Crippen molar-refractivity contribution in [1.82, 2.24) is 20.3 Å². The molecule has 0 saturated heterocycles. The van der Waals surface area contributed by atoms with Crippen molar-refractivity contribution in [3.8, 4) is 0 Å². The van der Waals surface area contributed by atoms with Crippen LogP contribution in [0.4, 0.5) is 0 Å². The molecule has 1 unspecified atom stereocenters. The van der Waals surface area contributed by atoms with Crippen LogP contribution in [0.2, 0.25) is 5.02 Å². The fraction of sp³-hybridized carbons (Fsp3) is 0.158. The summed E-state index contributed by atoms with van der Waals surface area (Å²) in [6.45, 7) is -0.554. The predicted molar refractivity (Wildman–Crippen MR) is 106 cm³/mol. The molecule has 1 aromatic heterocycles. The number of rotatable bonds is 7. The summed E-state index contributed by atoms with van der Waals surface area (Å²) in [6, 6.07) is 11.1. The third kappa shape index (κ3) is 4.97. The first-order valence-corrected chi connectivity index (χ1v) is 9.07. The number of hydrogen-bond donors (Lipinski definition) is 2. The average molecular weight is 430 g/mol. The maximum Gasteiger partial charge on any atom is 0.330 e. The molecule has 0 aliphatic carbocycles. The Labute approximate surface area is 174 Å². The topological polar surface area (TPSA) is 146 Å². The van der Waals surface area contributed by atoms with Crippen LogP contribution in [0.3, 0.4) is 0 Å². The van der Waals surface area contributed by atoms with E-state index >= 15 is 0 Å². The fourth-order valence-electron chi connectivity index (χ4n) is 2.57. The zero-order valence-electron chi connectivity index (χ0n) is 15.4. The van der Waals surface area contributed by atoms with Crippen molar-refractivity contribution in [3.05, 3.63) is 69.5 Å². The molecule has 0 bridgehead atoms. The summed E-state index contributed by atoms with van der Waals surface area (Å²) in [6.07, 6.45) is -0.490. The van der Waals surface area contributed by atoms with Crippen LogP contribution in [-0.4, -0.2) is 38.8 Å². The summed E-state index contributed by atoms with van der Waals surface area (Å²) < 4.78 is 5.90. The number of hydrogen-bond acceptors (Lipinski definition) is 7. The number of fused-ring (bicyclic) bond motifs is 1. The van der Waals surface area contributed by atoms with Gasteiger partial charge in [-0.1, -0.05) is 28.9 Å². The highest BCUT2D eigenvalue weighted by Gasteiger charge is 2.25. The molecule has 0 spiro atoms. The Morgan fingerprint density at radius 1 is 1.13 bits per heavy atom. The molecule has 10 nitrogen and oxygen atoms in total. The number of primary amides is 1. The molecule has 0 aliphatic heterocycles. The van der Waals surface area contributed by atoms with Crippen LogP contribution in [0.15, 0.2) is 53.3 Å². The molecule has 0 radical (unpaired) electrons. The smallest absolute Gasteiger partial charge is 0.330 e. The van der Waals surface area contributed by atoms with E-state index in [0.717, 1.165) is 4.68 Å². The summed E-state index contributed by atoms with van der Waals surface area (Å²) in [7, 11) is 0. The number of carbonyl (C=O) groups excluding carboxylic acids is 3. The second-order valence-corrected chi connectivity index (χ2v) is 6.64. The van der Waals surface area contributed by atoms with E-state index in [9.17, 15) is 19.2 Å². The van der Waals surface area contributed by atoms with E-state index in [4.69, 9.17) is 22.1 Å². The standard InChI is InChI=1S/C19H16ClN5O5/c20-12-7-5-11(6-8-12)17(27)22-15(9-16(21)26)19(29)30-10-25-18(28)13-3-1-2-4-14(13)23-24-25/h1-8,15H,9-10H2,(H2,21,26)(H,22,27). The van der Waals surface area contributed by atoms with Crippen LogP contribution in [0.25, 0.3) is 10.9 Å². The highest BCUT2D eigenvalue weighted by atomic mass is 35.5. The van der Waals surface area contributed by atoms with Crippen LogP contribution in [0.1, 0.15) is 16.8 Å². The molecule has 1 atom stereocenters. The Morgan fingerprint density at radius 2 is 1.83 bits per heavy atom. The van der Waals surface area contributed by atoms with E-state index in [1.54, 1.807) is 24.3 Å². The van der Waals surface area contributed by atoms with Crippen LogP contribution in [-0.2, 0) is 21.1 Å². The summed E-state index contributed by atoms with van der Waals surface area (Å²) in [5, 5.41) is 10.7. The molecule has 2 aromatic carbocycles. The molecule has 11 heteroatoms. The molecule has 3 rings (SSSR count). The largest absolute Gasteiger partial charge is 0.441 e. The van der Waals surface area contributed by atoms with Crippen molar-refractivity contribution in [2.75, 3.05) is 0 Å². The highest BCUT2D eigenvalue weighted by molar-refractivity contribution is 6.30. The Bertz CT molecular complexity index is 1160. The number of nitrogens with one attached hydrogen (secondary N) is 1. The molecule has 2 amide bonds. The Hall–Kier alpha value is -3.79. The van der Waals surface area contributed by atoms with Gasteiger partial charge in [-0.05, 0) is 36.4 Å².